The first-order valence-corrected chi connectivity index (χ1v) is 7.47. The molecule has 1 nitrogen and oxygen atoms in total. The molecule has 0 fully saturated rings. The van der Waals surface area contributed by atoms with E-state index in [1.807, 2.05) is 0 Å². The van der Waals surface area contributed by atoms with Crippen LogP contribution in [-0.2, 0) is 0 Å². The number of anilines is 1. The Balaban J connectivity index is 1.75. The number of para-hydroxylation sites is 1. The lowest BCUT2D eigenvalue weighted by Gasteiger charge is -2.20. The average Bonchev–Trinajstić information content (AvgIpc) is 2.55. The smallest absolute Gasteiger partial charge is 0.0419 e. The van der Waals surface area contributed by atoms with Gasteiger partial charge in [0.1, 0.15) is 0 Å². The summed E-state index contributed by atoms with van der Waals surface area (Å²) in [6.07, 6.45) is 8.36. The van der Waals surface area contributed by atoms with Crippen molar-refractivity contribution in [2.75, 3.05) is 11.9 Å². The molecule has 1 atom stereocenters. The fourth-order valence-electron chi connectivity index (χ4n) is 2.80. The SMILES string of the molecule is C1=CCC(CNc2ccccc2-c2ccccc2)CC1. The second-order valence-corrected chi connectivity index (χ2v) is 5.44. The van der Waals surface area contributed by atoms with Gasteiger partial charge in [-0.1, -0.05) is 60.7 Å². The van der Waals surface area contributed by atoms with Crippen LogP contribution < -0.4 is 5.32 Å². The lowest BCUT2D eigenvalue weighted by Crippen LogP contribution is -2.15. The van der Waals surface area contributed by atoms with Gasteiger partial charge in [0.05, 0.1) is 0 Å². The second-order valence-electron chi connectivity index (χ2n) is 5.44. The molecule has 1 N–H and O–H groups in total. The first-order chi connectivity index (χ1) is 9.93. The normalized spacial score (nSPS) is 17.9. The predicted molar refractivity (Wildman–Crippen MR) is 86.8 cm³/mol. The Labute approximate surface area is 121 Å². The zero-order valence-electron chi connectivity index (χ0n) is 11.8. The van der Waals surface area contributed by atoms with E-state index < -0.39 is 0 Å². The van der Waals surface area contributed by atoms with Gasteiger partial charge in [0, 0.05) is 17.8 Å². The van der Waals surface area contributed by atoms with Crippen molar-refractivity contribution in [3.05, 3.63) is 66.7 Å². The predicted octanol–water partition coefficient (Wildman–Crippen LogP) is 5.12. The van der Waals surface area contributed by atoms with Gasteiger partial charge in [-0.2, -0.15) is 0 Å². The van der Waals surface area contributed by atoms with Gasteiger partial charge in [-0.25, -0.2) is 0 Å². The van der Waals surface area contributed by atoms with E-state index in [9.17, 15) is 0 Å². The molecule has 3 rings (SSSR count). The topological polar surface area (TPSA) is 12.0 Å². The number of hydrogen-bond donors (Lipinski definition) is 1. The van der Waals surface area contributed by atoms with E-state index in [4.69, 9.17) is 0 Å². The van der Waals surface area contributed by atoms with Gasteiger partial charge in [0.15, 0.2) is 0 Å². The van der Waals surface area contributed by atoms with Crippen molar-refractivity contribution in [3.8, 4) is 11.1 Å². The van der Waals surface area contributed by atoms with Gasteiger partial charge in [-0.15, -0.1) is 0 Å². The Morgan fingerprint density at radius 1 is 0.900 bits per heavy atom. The summed E-state index contributed by atoms with van der Waals surface area (Å²) in [7, 11) is 0. The van der Waals surface area contributed by atoms with E-state index in [2.05, 4.69) is 72.1 Å². The molecule has 1 unspecified atom stereocenters. The number of rotatable bonds is 4. The average molecular weight is 263 g/mol. The van der Waals surface area contributed by atoms with E-state index in [1.54, 1.807) is 0 Å². The Morgan fingerprint density at radius 3 is 2.50 bits per heavy atom. The molecule has 102 valence electrons. The van der Waals surface area contributed by atoms with Crippen LogP contribution in [0.1, 0.15) is 19.3 Å². The molecule has 20 heavy (non-hydrogen) atoms. The summed E-state index contributed by atoms with van der Waals surface area (Å²) in [4.78, 5) is 0. The van der Waals surface area contributed by atoms with Gasteiger partial charge < -0.3 is 5.32 Å². The molecule has 0 spiro atoms. The minimum Gasteiger partial charge on any atom is -0.384 e. The van der Waals surface area contributed by atoms with Crippen LogP contribution in [0.25, 0.3) is 11.1 Å². The van der Waals surface area contributed by atoms with Crippen LogP contribution in [-0.4, -0.2) is 6.54 Å². The summed E-state index contributed by atoms with van der Waals surface area (Å²) in [5, 5.41) is 3.65. The van der Waals surface area contributed by atoms with Crippen molar-refractivity contribution in [3.63, 3.8) is 0 Å². The van der Waals surface area contributed by atoms with E-state index in [0.29, 0.717) is 0 Å². The molecular weight excluding hydrogens is 242 g/mol. The van der Waals surface area contributed by atoms with E-state index >= 15 is 0 Å². The fraction of sp³-hybridized carbons (Fsp3) is 0.263. The molecule has 1 heteroatoms. The maximum Gasteiger partial charge on any atom is 0.0419 e. The van der Waals surface area contributed by atoms with Crippen LogP contribution in [0.4, 0.5) is 5.69 Å². The first-order valence-electron chi connectivity index (χ1n) is 7.47. The molecule has 0 bridgehead atoms. The van der Waals surface area contributed by atoms with Crippen molar-refractivity contribution in [2.45, 2.75) is 19.3 Å². The zero-order valence-corrected chi connectivity index (χ0v) is 11.8. The minimum atomic E-state index is 0.767. The van der Waals surface area contributed by atoms with Crippen molar-refractivity contribution >= 4 is 5.69 Å². The van der Waals surface area contributed by atoms with E-state index in [1.165, 1.54) is 36.1 Å². The molecule has 0 saturated carbocycles. The first kappa shape index (κ1) is 13.0. The van der Waals surface area contributed by atoms with Crippen molar-refractivity contribution in [1.82, 2.24) is 0 Å². The van der Waals surface area contributed by atoms with Crippen molar-refractivity contribution in [2.24, 2.45) is 5.92 Å². The highest BCUT2D eigenvalue weighted by Gasteiger charge is 2.10. The third kappa shape index (κ3) is 3.11. The molecular formula is C19H21N. The third-order valence-corrected chi connectivity index (χ3v) is 3.97. The van der Waals surface area contributed by atoms with Crippen molar-refractivity contribution in [1.29, 1.82) is 0 Å². The van der Waals surface area contributed by atoms with Gasteiger partial charge in [-0.05, 0) is 36.8 Å². The summed E-state index contributed by atoms with van der Waals surface area (Å²) >= 11 is 0. The molecule has 0 amide bonds. The lowest BCUT2D eigenvalue weighted by atomic mass is 9.94. The molecule has 2 aromatic carbocycles. The van der Waals surface area contributed by atoms with Crippen LogP contribution in [0.2, 0.25) is 0 Å². The molecule has 0 saturated heterocycles. The molecule has 2 aromatic rings. The Hall–Kier alpha value is -2.02. The molecule has 0 aromatic heterocycles. The zero-order chi connectivity index (χ0) is 13.6. The van der Waals surface area contributed by atoms with Crippen molar-refractivity contribution < 1.29 is 0 Å². The quantitative estimate of drug-likeness (QED) is 0.755. The summed E-state index contributed by atoms with van der Waals surface area (Å²) < 4.78 is 0. The monoisotopic (exact) mass is 263 g/mol. The standard InChI is InChI=1S/C19H21N/c1-3-9-16(10-4-1)15-20-19-14-8-7-13-18(19)17-11-5-2-6-12-17/h1-3,5-8,11-14,16,20H,4,9-10,15H2. The summed E-state index contributed by atoms with van der Waals surface area (Å²) in [6.45, 7) is 1.06. The second kappa shape index (κ2) is 6.42. The largest absolute Gasteiger partial charge is 0.384 e. The van der Waals surface area contributed by atoms with Crippen LogP contribution in [0.3, 0.4) is 0 Å². The highest BCUT2D eigenvalue weighted by atomic mass is 14.9. The molecule has 0 radical (unpaired) electrons. The Bertz CT molecular complexity index is 571. The number of nitrogens with one attached hydrogen (secondary N) is 1. The van der Waals surface area contributed by atoms with Crippen LogP contribution >= 0.6 is 0 Å². The number of benzene rings is 2. The molecule has 0 heterocycles. The molecule has 1 aliphatic rings. The maximum atomic E-state index is 3.65. The van der Waals surface area contributed by atoms with E-state index in [-0.39, 0.29) is 0 Å². The third-order valence-electron chi connectivity index (χ3n) is 3.97. The van der Waals surface area contributed by atoms with Crippen LogP contribution in [0.15, 0.2) is 66.7 Å². The van der Waals surface area contributed by atoms with E-state index in [0.717, 1.165) is 12.5 Å². The molecule has 0 aliphatic heterocycles. The van der Waals surface area contributed by atoms with Crippen LogP contribution in [0, 0.1) is 5.92 Å². The maximum absolute atomic E-state index is 3.65. The molecule has 1 aliphatic carbocycles. The lowest BCUT2D eigenvalue weighted by molar-refractivity contribution is 0.504. The summed E-state index contributed by atoms with van der Waals surface area (Å²) in [5.74, 6) is 0.767. The number of hydrogen-bond acceptors (Lipinski definition) is 1. The highest BCUT2D eigenvalue weighted by Crippen LogP contribution is 2.28. The number of allylic oxidation sites excluding steroid dienone is 2. The van der Waals surface area contributed by atoms with Gasteiger partial charge in [0.2, 0.25) is 0 Å². The highest BCUT2D eigenvalue weighted by molar-refractivity contribution is 5.77. The minimum absolute atomic E-state index is 0.767. The Kier molecular flexibility index (Phi) is 4.17. The van der Waals surface area contributed by atoms with Gasteiger partial charge >= 0.3 is 0 Å². The fourth-order valence-corrected chi connectivity index (χ4v) is 2.80. The summed E-state index contributed by atoms with van der Waals surface area (Å²) in [5.41, 5.74) is 3.81. The van der Waals surface area contributed by atoms with Gasteiger partial charge in [0.25, 0.3) is 0 Å². The van der Waals surface area contributed by atoms with Crippen LogP contribution in [0.5, 0.6) is 0 Å². The summed E-state index contributed by atoms with van der Waals surface area (Å²) in [6, 6.07) is 19.2. The Morgan fingerprint density at radius 2 is 1.70 bits per heavy atom. The van der Waals surface area contributed by atoms with Gasteiger partial charge in [-0.3, -0.25) is 0 Å².